The summed E-state index contributed by atoms with van der Waals surface area (Å²) in [5, 5.41) is 2.83. The van der Waals surface area contributed by atoms with Gasteiger partial charge in [0.2, 0.25) is 11.8 Å². The predicted octanol–water partition coefficient (Wildman–Crippen LogP) is 4.17. The molecule has 6 nitrogen and oxygen atoms in total. The average Bonchev–Trinajstić information content (AvgIpc) is 2.82. The topological polar surface area (TPSA) is 69.7 Å². The smallest absolute Gasteiger partial charge is 0.253 e. The first kappa shape index (κ1) is 21.4. The van der Waals surface area contributed by atoms with Crippen LogP contribution in [0.2, 0.25) is 0 Å². The molecule has 0 radical (unpaired) electrons. The number of carbonyl (C=O) groups is 3. The SMILES string of the molecule is O=C(CCC(=O)N1CCSc2ccccc21)Nc1cccc(C(=O)N2CCCCC2)c1. The molecule has 0 saturated carbocycles. The van der Waals surface area contributed by atoms with Gasteiger partial charge in [0, 0.05) is 54.4 Å². The molecule has 2 heterocycles. The van der Waals surface area contributed by atoms with Gasteiger partial charge < -0.3 is 15.1 Å². The highest BCUT2D eigenvalue weighted by molar-refractivity contribution is 7.99. The largest absolute Gasteiger partial charge is 0.339 e. The first-order valence-corrected chi connectivity index (χ1v) is 11.8. The molecule has 162 valence electrons. The van der Waals surface area contributed by atoms with Gasteiger partial charge in [-0.25, -0.2) is 0 Å². The fourth-order valence-electron chi connectivity index (χ4n) is 4.02. The molecular weight excluding hydrogens is 410 g/mol. The lowest BCUT2D eigenvalue weighted by Crippen LogP contribution is -2.36. The Hall–Kier alpha value is -2.80. The molecule has 1 N–H and O–H groups in total. The van der Waals surface area contributed by atoms with Crippen molar-refractivity contribution in [3.05, 3.63) is 54.1 Å². The van der Waals surface area contributed by atoms with E-state index in [1.54, 1.807) is 40.9 Å². The summed E-state index contributed by atoms with van der Waals surface area (Å²) in [5.41, 5.74) is 2.09. The minimum absolute atomic E-state index is 0.00705. The Kier molecular flexibility index (Phi) is 6.92. The second-order valence-electron chi connectivity index (χ2n) is 7.84. The molecule has 0 aromatic heterocycles. The second-order valence-corrected chi connectivity index (χ2v) is 8.98. The summed E-state index contributed by atoms with van der Waals surface area (Å²) in [6, 6.07) is 14.9. The van der Waals surface area contributed by atoms with Crippen LogP contribution in [0.1, 0.15) is 42.5 Å². The van der Waals surface area contributed by atoms with Crippen LogP contribution in [0.25, 0.3) is 0 Å². The number of piperidine rings is 1. The molecule has 0 spiro atoms. The quantitative estimate of drug-likeness (QED) is 0.762. The van der Waals surface area contributed by atoms with Crippen molar-refractivity contribution in [3.8, 4) is 0 Å². The van der Waals surface area contributed by atoms with Gasteiger partial charge in [-0.15, -0.1) is 11.8 Å². The molecule has 2 aliphatic rings. The summed E-state index contributed by atoms with van der Waals surface area (Å²) >= 11 is 1.75. The zero-order chi connectivity index (χ0) is 21.6. The molecule has 31 heavy (non-hydrogen) atoms. The number of fused-ring (bicyclic) bond motifs is 1. The Morgan fingerprint density at radius 2 is 1.71 bits per heavy atom. The lowest BCUT2D eigenvalue weighted by Gasteiger charge is -2.29. The third kappa shape index (κ3) is 5.28. The van der Waals surface area contributed by atoms with E-state index in [0.29, 0.717) is 17.8 Å². The lowest BCUT2D eigenvalue weighted by molar-refractivity contribution is -0.122. The summed E-state index contributed by atoms with van der Waals surface area (Å²) in [7, 11) is 0. The number of hydrogen-bond donors (Lipinski definition) is 1. The molecule has 0 unspecified atom stereocenters. The molecule has 0 aliphatic carbocycles. The van der Waals surface area contributed by atoms with Crippen LogP contribution in [0.15, 0.2) is 53.4 Å². The van der Waals surface area contributed by atoms with Crippen LogP contribution in [0.5, 0.6) is 0 Å². The number of carbonyl (C=O) groups excluding carboxylic acids is 3. The molecule has 2 aromatic carbocycles. The average molecular weight is 438 g/mol. The van der Waals surface area contributed by atoms with E-state index in [1.165, 1.54) is 6.42 Å². The highest BCUT2D eigenvalue weighted by Gasteiger charge is 2.23. The van der Waals surface area contributed by atoms with Crippen LogP contribution < -0.4 is 10.2 Å². The zero-order valence-electron chi connectivity index (χ0n) is 17.5. The first-order chi connectivity index (χ1) is 15.1. The molecule has 2 aromatic rings. The van der Waals surface area contributed by atoms with Crippen molar-refractivity contribution in [2.45, 2.75) is 37.0 Å². The summed E-state index contributed by atoms with van der Waals surface area (Å²) in [6.45, 7) is 2.23. The first-order valence-electron chi connectivity index (χ1n) is 10.8. The Morgan fingerprint density at radius 3 is 2.55 bits per heavy atom. The molecule has 2 aliphatic heterocycles. The van der Waals surface area contributed by atoms with Gasteiger partial charge in [-0.2, -0.15) is 0 Å². The van der Waals surface area contributed by atoms with Gasteiger partial charge in [-0.05, 0) is 49.6 Å². The maximum absolute atomic E-state index is 12.7. The van der Waals surface area contributed by atoms with Gasteiger partial charge in [-0.3, -0.25) is 14.4 Å². The van der Waals surface area contributed by atoms with Crippen molar-refractivity contribution in [1.29, 1.82) is 0 Å². The van der Waals surface area contributed by atoms with Crippen molar-refractivity contribution in [2.24, 2.45) is 0 Å². The minimum Gasteiger partial charge on any atom is -0.339 e. The molecule has 0 atom stereocenters. The van der Waals surface area contributed by atoms with Crippen molar-refractivity contribution in [2.75, 3.05) is 35.6 Å². The number of nitrogens with one attached hydrogen (secondary N) is 1. The second kappa shape index (κ2) is 10.0. The minimum atomic E-state index is -0.226. The number of hydrogen-bond acceptors (Lipinski definition) is 4. The van der Waals surface area contributed by atoms with E-state index >= 15 is 0 Å². The van der Waals surface area contributed by atoms with E-state index in [1.807, 2.05) is 29.2 Å². The third-order valence-corrected chi connectivity index (χ3v) is 6.67. The monoisotopic (exact) mass is 437 g/mol. The number of rotatable bonds is 5. The predicted molar refractivity (Wildman–Crippen MR) is 124 cm³/mol. The summed E-state index contributed by atoms with van der Waals surface area (Å²) in [4.78, 5) is 42.6. The normalized spacial score (nSPS) is 15.9. The van der Waals surface area contributed by atoms with Crippen molar-refractivity contribution in [1.82, 2.24) is 4.90 Å². The van der Waals surface area contributed by atoms with E-state index in [4.69, 9.17) is 0 Å². The number of thioether (sulfide) groups is 1. The van der Waals surface area contributed by atoms with Gasteiger partial charge in [-0.1, -0.05) is 18.2 Å². The molecule has 3 amide bonds. The van der Waals surface area contributed by atoms with Crippen LogP contribution in [-0.2, 0) is 9.59 Å². The fraction of sp³-hybridized carbons (Fsp3) is 0.375. The van der Waals surface area contributed by atoms with Crippen LogP contribution in [-0.4, -0.2) is 48.0 Å². The number of para-hydroxylation sites is 1. The van der Waals surface area contributed by atoms with Crippen LogP contribution >= 0.6 is 11.8 Å². The van der Waals surface area contributed by atoms with E-state index in [2.05, 4.69) is 5.32 Å². The zero-order valence-corrected chi connectivity index (χ0v) is 18.3. The van der Waals surface area contributed by atoms with Gasteiger partial charge in [0.05, 0.1) is 5.69 Å². The fourth-order valence-corrected chi connectivity index (χ4v) is 5.01. The summed E-state index contributed by atoms with van der Waals surface area (Å²) < 4.78 is 0. The standard InChI is InChI=1S/C24H27N3O3S/c28-22(11-12-23(29)27-15-16-31-21-10-3-2-9-20(21)27)25-19-8-6-7-18(17-19)24(30)26-13-4-1-5-14-26/h2-3,6-10,17H,1,4-5,11-16H2,(H,25,28). The molecule has 7 heteroatoms. The van der Waals surface area contributed by atoms with Crippen molar-refractivity contribution >= 4 is 40.9 Å². The maximum atomic E-state index is 12.7. The lowest BCUT2D eigenvalue weighted by atomic mass is 10.1. The number of amides is 3. The van der Waals surface area contributed by atoms with Gasteiger partial charge in [0.25, 0.3) is 5.91 Å². The summed E-state index contributed by atoms with van der Waals surface area (Å²) in [5.74, 6) is 0.590. The number of benzene rings is 2. The van der Waals surface area contributed by atoms with Crippen molar-refractivity contribution in [3.63, 3.8) is 0 Å². The Bertz CT molecular complexity index is 972. The van der Waals surface area contributed by atoms with E-state index in [0.717, 1.165) is 42.3 Å². The number of likely N-dealkylation sites (tertiary alicyclic amines) is 1. The Balaban J connectivity index is 1.32. The number of nitrogens with zero attached hydrogens (tertiary/aromatic N) is 2. The van der Waals surface area contributed by atoms with Crippen LogP contribution in [0, 0.1) is 0 Å². The van der Waals surface area contributed by atoms with Crippen LogP contribution in [0.4, 0.5) is 11.4 Å². The molecular formula is C24H27N3O3S. The molecule has 1 fully saturated rings. The Labute approximate surface area is 187 Å². The number of anilines is 2. The van der Waals surface area contributed by atoms with Gasteiger partial charge in [0.15, 0.2) is 0 Å². The molecule has 1 saturated heterocycles. The Morgan fingerprint density at radius 1 is 0.903 bits per heavy atom. The van der Waals surface area contributed by atoms with Crippen molar-refractivity contribution < 1.29 is 14.4 Å². The summed E-state index contributed by atoms with van der Waals surface area (Å²) in [6.07, 6.45) is 3.50. The van der Waals surface area contributed by atoms with Crippen LogP contribution in [0.3, 0.4) is 0 Å². The molecule has 4 rings (SSSR count). The maximum Gasteiger partial charge on any atom is 0.253 e. The van der Waals surface area contributed by atoms with E-state index < -0.39 is 0 Å². The van der Waals surface area contributed by atoms with E-state index in [-0.39, 0.29) is 30.6 Å². The highest BCUT2D eigenvalue weighted by Crippen LogP contribution is 2.34. The highest BCUT2D eigenvalue weighted by atomic mass is 32.2. The van der Waals surface area contributed by atoms with Gasteiger partial charge in [0.1, 0.15) is 0 Å². The van der Waals surface area contributed by atoms with Gasteiger partial charge >= 0.3 is 0 Å². The molecule has 0 bridgehead atoms. The van der Waals surface area contributed by atoms with E-state index in [9.17, 15) is 14.4 Å². The third-order valence-electron chi connectivity index (χ3n) is 5.63.